The molecule has 6 nitrogen and oxygen atoms in total. The molecule has 0 heterocycles. The maximum atomic E-state index is 13.1. The van der Waals surface area contributed by atoms with Crippen LogP contribution in [0.1, 0.15) is 46.9 Å². The number of benzene rings is 2. The van der Waals surface area contributed by atoms with E-state index in [9.17, 15) is 19.2 Å². The SMILES string of the molecule is CC(=O)c1ccc(NC(=O)COC(=O)[C@H]2[C@@H]3CC[C@H](C3)[C@@H]2C(=O)c2ccccc2)cc1. The van der Waals surface area contributed by atoms with Crippen LogP contribution in [0.25, 0.3) is 0 Å². The number of ether oxygens (including phenoxy) is 1. The van der Waals surface area contributed by atoms with Crippen LogP contribution in [-0.4, -0.2) is 30.0 Å². The minimum Gasteiger partial charge on any atom is -0.455 e. The van der Waals surface area contributed by atoms with Crippen LogP contribution in [0.4, 0.5) is 5.69 Å². The number of carbonyl (C=O) groups is 4. The molecule has 6 heteroatoms. The molecule has 160 valence electrons. The highest BCUT2D eigenvalue weighted by molar-refractivity contribution is 6.01. The third-order valence-electron chi connectivity index (χ3n) is 6.47. The minimum atomic E-state index is -0.492. The van der Waals surface area contributed by atoms with Crippen molar-refractivity contribution in [2.24, 2.45) is 23.7 Å². The molecular formula is C25H25NO5. The predicted molar refractivity (Wildman–Crippen MR) is 115 cm³/mol. The molecule has 2 fully saturated rings. The molecule has 0 spiro atoms. The molecule has 1 N–H and O–H groups in total. The van der Waals surface area contributed by atoms with E-state index >= 15 is 0 Å². The molecule has 0 saturated heterocycles. The van der Waals surface area contributed by atoms with Gasteiger partial charge in [0.2, 0.25) is 0 Å². The summed E-state index contributed by atoms with van der Waals surface area (Å²) in [5, 5.41) is 2.65. The molecule has 2 aromatic rings. The topological polar surface area (TPSA) is 89.5 Å². The molecule has 2 aromatic carbocycles. The highest BCUT2D eigenvalue weighted by Gasteiger charge is 2.54. The van der Waals surface area contributed by atoms with Gasteiger partial charge in [0.15, 0.2) is 18.2 Å². The number of ketones is 2. The summed E-state index contributed by atoms with van der Waals surface area (Å²) in [6.07, 6.45) is 2.73. The first-order valence-corrected chi connectivity index (χ1v) is 10.6. The lowest BCUT2D eigenvalue weighted by Gasteiger charge is -2.28. The standard InChI is InChI=1S/C25H25NO5/c1-15(27)16-9-11-20(12-10-16)26-21(28)14-31-25(30)23-19-8-7-18(13-19)22(23)24(29)17-5-3-2-4-6-17/h2-6,9-12,18-19,22-23H,7-8,13-14H2,1H3,(H,26,28)/t18-,19-,22+,23+/m1/s1. The molecule has 1 amide bonds. The third-order valence-corrected chi connectivity index (χ3v) is 6.47. The van der Waals surface area contributed by atoms with Crippen molar-refractivity contribution in [3.05, 3.63) is 65.7 Å². The number of carbonyl (C=O) groups excluding carboxylic acids is 4. The van der Waals surface area contributed by atoms with Gasteiger partial charge in [-0.2, -0.15) is 0 Å². The molecule has 0 unspecified atom stereocenters. The first-order chi connectivity index (χ1) is 14.9. The van der Waals surface area contributed by atoms with Crippen molar-refractivity contribution in [2.45, 2.75) is 26.2 Å². The molecule has 4 rings (SSSR count). The zero-order valence-corrected chi connectivity index (χ0v) is 17.4. The van der Waals surface area contributed by atoms with Crippen molar-refractivity contribution in [1.29, 1.82) is 0 Å². The van der Waals surface area contributed by atoms with Gasteiger partial charge in [0, 0.05) is 22.7 Å². The van der Waals surface area contributed by atoms with Crippen molar-refractivity contribution in [2.75, 3.05) is 11.9 Å². The predicted octanol–water partition coefficient (Wildman–Crippen LogP) is 3.92. The van der Waals surface area contributed by atoms with Gasteiger partial charge in [-0.05, 0) is 62.3 Å². The fourth-order valence-electron chi connectivity index (χ4n) is 5.02. The van der Waals surface area contributed by atoms with E-state index in [1.54, 1.807) is 36.4 Å². The van der Waals surface area contributed by atoms with Gasteiger partial charge in [-0.25, -0.2) is 0 Å². The number of amides is 1. The minimum absolute atomic E-state index is 0.00948. The quantitative estimate of drug-likeness (QED) is 0.543. The lowest BCUT2D eigenvalue weighted by Crippen LogP contribution is -2.37. The number of Topliss-reactive ketones (excluding diaryl/α,β-unsaturated/α-hetero) is 2. The summed E-state index contributed by atoms with van der Waals surface area (Å²) in [5.41, 5.74) is 1.68. The van der Waals surface area contributed by atoms with Crippen molar-refractivity contribution in [3.8, 4) is 0 Å². The van der Waals surface area contributed by atoms with Gasteiger partial charge in [0.25, 0.3) is 5.91 Å². The van der Waals surface area contributed by atoms with Gasteiger partial charge in [-0.1, -0.05) is 30.3 Å². The van der Waals surface area contributed by atoms with Gasteiger partial charge >= 0.3 is 5.97 Å². The first kappa shape index (κ1) is 21.0. The maximum Gasteiger partial charge on any atom is 0.310 e. The Kier molecular flexibility index (Phi) is 5.98. The monoisotopic (exact) mass is 419 g/mol. The van der Waals surface area contributed by atoms with Gasteiger partial charge in [-0.3, -0.25) is 19.2 Å². The van der Waals surface area contributed by atoms with Gasteiger partial charge in [0.1, 0.15) is 0 Å². The third kappa shape index (κ3) is 4.43. The molecule has 31 heavy (non-hydrogen) atoms. The Balaban J connectivity index is 1.37. The lowest BCUT2D eigenvalue weighted by atomic mass is 9.75. The summed E-state index contributed by atoms with van der Waals surface area (Å²) in [6, 6.07) is 15.6. The van der Waals surface area contributed by atoms with Crippen LogP contribution in [0, 0.1) is 23.7 Å². The fourth-order valence-corrected chi connectivity index (χ4v) is 5.02. The maximum absolute atomic E-state index is 13.1. The van der Waals surface area contributed by atoms with Crippen LogP contribution in [0.5, 0.6) is 0 Å². The van der Waals surface area contributed by atoms with E-state index < -0.39 is 24.4 Å². The smallest absolute Gasteiger partial charge is 0.310 e. The molecule has 4 atom stereocenters. The van der Waals surface area contributed by atoms with Gasteiger partial charge in [0.05, 0.1) is 5.92 Å². The van der Waals surface area contributed by atoms with Crippen LogP contribution in [0.2, 0.25) is 0 Å². The fraction of sp³-hybridized carbons (Fsp3) is 0.360. The zero-order valence-electron chi connectivity index (χ0n) is 17.4. The van der Waals surface area contributed by atoms with E-state index in [1.165, 1.54) is 6.92 Å². The number of anilines is 1. The van der Waals surface area contributed by atoms with Crippen molar-refractivity contribution < 1.29 is 23.9 Å². The van der Waals surface area contributed by atoms with E-state index in [0.717, 1.165) is 19.3 Å². The van der Waals surface area contributed by atoms with E-state index in [1.807, 2.05) is 18.2 Å². The van der Waals surface area contributed by atoms with Crippen LogP contribution in [0.15, 0.2) is 54.6 Å². The molecule has 2 aliphatic rings. The summed E-state index contributed by atoms with van der Waals surface area (Å²) in [6.45, 7) is 1.06. The van der Waals surface area contributed by atoms with E-state index in [2.05, 4.69) is 5.32 Å². The molecule has 2 bridgehead atoms. The van der Waals surface area contributed by atoms with Gasteiger partial charge in [-0.15, -0.1) is 0 Å². The summed E-state index contributed by atoms with van der Waals surface area (Å²) >= 11 is 0. The Morgan fingerprint density at radius 3 is 2.16 bits per heavy atom. The van der Waals surface area contributed by atoms with Gasteiger partial charge < -0.3 is 10.1 Å². The second-order valence-corrected chi connectivity index (χ2v) is 8.40. The highest BCUT2D eigenvalue weighted by atomic mass is 16.5. The van der Waals surface area contributed by atoms with Crippen LogP contribution >= 0.6 is 0 Å². The second kappa shape index (κ2) is 8.84. The van der Waals surface area contributed by atoms with Crippen LogP contribution in [-0.2, 0) is 14.3 Å². The zero-order chi connectivity index (χ0) is 22.0. The van der Waals surface area contributed by atoms with Crippen molar-refractivity contribution in [3.63, 3.8) is 0 Å². The number of hydrogen-bond acceptors (Lipinski definition) is 5. The lowest BCUT2D eigenvalue weighted by molar-refractivity contribution is -0.154. The van der Waals surface area contributed by atoms with Crippen molar-refractivity contribution in [1.82, 2.24) is 0 Å². The number of hydrogen-bond donors (Lipinski definition) is 1. The second-order valence-electron chi connectivity index (χ2n) is 8.40. The van der Waals surface area contributed by atoms with Crippen molar-refractivity contribution >= 4 is 29.1 Å². The molecule has 0 aliphatic heterocycles. The van der Waals surface area contributed by atoms with E-state index in [4.69, 9.17) is 4.74 Å². The molecule has 0 radical (unpaired) electrons. The van der Waals surface area contributed by atoms with Crippen LogP contribution < -0.4 is 5.32 Å². The Morgan fingerprint density at radius 2 is 1.52 bits per heavy atom. The largest absolute Gasteiger partial charge is 0.455 e. The number of rotatable bonds is 7. The summed E-state index contributed by atoms with van der Waals surface area (Å²) in [4.78, 5) is 49.5. The molecule has 0 aromatic heterocycles. The Labute approximate surface area is 181 Å². The molecular weight excluding hydrogens is 394 g/mol. The highest BCUT2D eigenvalue weighted by Crippen LogP contribution is 2.53. The molecule has 2 saturated carbocycles. The average Bonchev–Trinajstić information content (AvgIpc) is 3.40. The Bertz CT molecular complexity index is 998. The Hall–Kier alpha value is -3.28. The van der Waals surface area contributed by atoms with E-state index in [0.29, 0.717) is 16.8 Å². The number of nitrogens with one attached hydrogen (secondary N) is 1. The molecule has 2 aliphatic carbocycles. The summed E-state index contributed by atoms with van der Waals surface area (Å²) in [5.74, 6) is -1.53. The Morgan fingerprint density at radius 1 is 0.871 bits per heavy atom. The number of fused-ring (bicyclic) bond motifs is 2. The first-order valence-electron chi connectivity index (χ1n) is 10.6. The summed E-state index contributed by atoms with van der Waals surface area (Å²) < 4.78 is 5.33. The normalized spacial score (nSPS) is 23.9. The van der Waals surface area contributed by atoms with E-state index in [-0.39, 0.29) is 29.3 Å². The van der Waals surface area contributed by atoms with Crippen LogP contribution in [0.3, 0.4) is 0 Å². The number of esters is 1. The average molecular weight is 419 g/mol. The summed E-state index contributed by atoms with van der Waals surface area (Å²) in [7, 11) is 0.